The third-order valence-electron chi connectivity index (χ3n) is 5.01. The fourth-order valence-corrected chi connectivity index (χ4v) is 4.11. The molecule has 0 aliphatic carbocycles. The number of aryl methyl sites for hydroxylation is 2. The van der Waals surface area contributed by atoms with Crippen molar-refractivity contribution in [2.24, 2.45) is 0 Å². The number of carbonyl (C=O) groups is 1. The maximum atomic E-state index is 12.9. The summed E-state index contributed by atoms with van der Waals surface area (Å²) in [5.41, 5.74) is 3.16. The number of nitrogens with zero attached hydrogens (tertiary/aromatic N) is 3. The summed E-state index contributed by atoms with van der Waals surface area (Å²) in [6.07, 6.45) is -4.48. The Balaban J connectivity index is 1.57. The average Bonchev–Trinajstić information content (AvgIpc) is 3.22. The van der Waals surface area contributed by atoms with Crippen LogP contribution in [-0.4, -0.2) is 26.4 Å². The number of benzene rings is 3. The van der Waals surface area contributed by atoms with Gasteiger partial charge in [-0.05, 0) is 50.2 Å². The molecule has 34 heavy (non-hydrogen) atoms. The molecule has 1 amide bonds. The second-order valence-corrected chi connectivity index (χ2v) is 8.70. The van der Waals surface area contributed by atoms with Crippen molar-refractivity contribution in [3.05, 3.63) is 89.5 Å². The van der Waals surface area contributed by atoms with Crippen molar-refractivity contribution in [1.29, 1.82) is 0 Å². The highest BCUT2D eigenvalue weighted by molar-refractivity contribution is 7.99. The van der Waals surface area contributed by atoms with Gasteiger partial charge in [-0.3, -0.25) is 9.36 Å². The van der Waals surface area contributed by atoms with Gasteiger partial charge in [0.15, 0.2) is 11.0 Å². The Labute approximate surface area is 199 Å². The molecule has 0 saturated carbocycles. The van der Waals surface area contributed by atoms with Crippen molar-refractivity contribution >= 4 is 23.4 Å². The maximum absolute atomic E-state index is 12.9. The molecule has 9 heteroatoms. The summed E-state index contributed by atoms with van der Waals surface area (Å²) in [5, 5.41) is 11.7. The number of alkyl halides is 3. The highest BCUT2D eigenvalue weighted by Gasteiger charge is 2.30. The van der Waals surface area contributed by atoms with Crippen LogP contribution in [0.1, 0.15) is 16.7 Å². The second-order valence-electron chi connectivity index (χ2n) is 7.76. The Hall–Kier alpha value is -3.59. The zero-order valence-corrected chi connectivity index (χ0v) is 19.2. The molecule has 4 aromatic rings. The number of hydrogen-bond donors (Lipinski definition) is 1. The van der Waals surface area contributed by atoms with Gasteiger partial charge in [0.1, 0.15) is 0 Å². The Morgan fingerprint density at radius 3 is 2.38 bits per heavy atom. The highest BCUT2D eigenvalue weighted by atomic mass is 32.2. The van der Waals surface area contributed by atoms with E-state index in [0.29, 0.717) is 11.0 Å². The van der Waals surface area contributed by atoms with Gasteiger partial charge in [-0.15, -0.1) is 10.2 Å². The molecule has 0 bridgehead atoms. The SMILES string of the molecule is Cc1ccc(-n2c(SCC(=O)Nc3cccc(C(F)(F)F)c3)nnc2-c2cccc(C)c2)cc1. The van der Waals surface area contributed by atoms with E-state index in [9.17, 15) is 18.0 Å². The summed E-state index contributed by atoms with van der Waals surface area (Å²) in [7, 11) is 0. The lowest BCUT2D eigenvalue weighted by molar-refractivity contribution is -0.137. The van der Waals surface area contributed by atoms with Crippen molar-refractivity contribution < 1.29 is 18.0 Å². The van der Waals surface area contributed by atoms with E-state index in [1.54, 1.807) is 0 Å². The molecule has 0 aliphatic heterocycles. The molecule has 1 heterocycles. The van der Waals surface area contributed by atoms with Gasteiger partial charge >= 0.3 is 6.18 Å². The molecule has 4 rings (SSSR count). The summed E-state index contributed by atoms with van der Waals surface area (Å²) >= 11 is 1.16. The Kier molecular flexibility index (Phi) is 6.74. The molecule has 174 valence electrons. The van der Waals surface area contributed by atoms with Crippen LogP contribution in [0.3, 0.4) is 0 Å². The molecule has 0 unspecified atom stereocenters. The number of nitrogens with one attached hydrogen (secondary N) is 1. The van der Waals surface area contributed by atoms with E-state index < -0.39 is 17.6 Å². The number of rotatable bonds is 6. The number of carbonyl (C=O) groups excluding carboxylic acids is 1. The van der Waals surface area contributed by atoms with Crippen molar-refractivity contribution in [3.63, 3.8) is 0 Å². The fourth-order valence-electron chi connectivity index (χ4n) is 3.36. The van der Waals surface area contributed by atoms with Gasteiger partial charge in [0.2, 0.25) is 5.91 Å². The van der Waals surface area contributed by atoms with Gasteiger partial charge in [0.25, 0.3) is 0 Å². The smallest absolute Gasteiger partial charge is 0.325 e. The fraction of sp³-hybridized carbons (Fsp3) is 0.160. The second kappa shape index (κ2) is 9.72. The van der Waals surface area contributed by atoms with Gasteiger partial charge in [0, 0.05) is 16.9 Å². The number of halogens is 3. The van der Waals surface area contributed by atoms with E-state index >= 15 is 0 Å². The van der Waals surface area contributed by atoms with Crippen LogP contribution in [-0.2, 0) is 11.0 Å². The van der Waals surface area contributed by atoms with E-state index in [-0.39, 0.29) is 11.4 Å². The van der Waals surface area contributed by atoms with Gasteiger partial charge in [-0.1, -0.05) is 59.3 Å². The first-order valence-electron chi connectivity index (χ1n) is 10.4. The van der Waals surface area contributed by atoms with Crippen molar-refractivity contribution in [3.8, 4) is 17.1 Å². The monoisotopic (exact) mass is 482 g/mol. The first-order chi connectivity index (χ1) is 16.2. The molecule has 5 nitrogen and oxygen atoms in total. The Morgan fingerprint density at radius 1 is 0.941 bits per heavy atom. The van der Waals surface area contributed by atoms with Crippen molar-refractivity contribution in [1.82, 2.24) is 14.8 Å². The molecule has 0 saturated heterocycles. The van der Waals surface area contributed by atoms with Crippen LogP contribution in [0.5, 0.6) is 0 Å². The minimum atomic E-state index is -4.48. The number of aromatic nitrogens is 3. The van der Waals surface area contributed by atoms with E-state index in [1.807, 2.05) is 66.9 Å². The van der Waals surface area contributed by atoms with E-state index in [1.165, 1.54) is 12.1 Å². The van der Waals surface area contributed by atoms with E-state index in [4.69, 9.17) is 0 Å². The molecule has 1 N–H and O–H groups in total. The molecular weight excluding hydrogens is 461 g/mol. The van der Waals surface area contributed by atoms with E-state index in [2.05, 4.69) is 15.5 Å². The highest BCUT2D eigenvalue weighted by Crippen LogP contribution is 2.31. The van der Waals surface area contributed by atoms with Crippen LogP contribution in [0.25, 0.3) is 17.1 Å². The Bertz CT molecular complexity index is 1320. The summed E-state index contributed by atoms with van der Waals surface area (Å²) in [6, 6.07) is 20.3. The van der Waals surface area contributed by atoms with Gasteiger partial charge < -0.3 is 5.32 Å². The molecule has 0 atom stereocenters. The molecule has 0 aliphatic rings. The van der Waals surface area contributed by atoms with Crippen LogP contribution < -0.4 is 5.32 Å². The largest absolute Gasteiger partial charge is 0.416 e. The van der Waals surface area contributed by atoms with Crippen LogP contribution in [0, 0.1) is 13.8 Å². The molecule has 3 aromatic carbocycles. The average molecular weight is 483 g/mol. The van der Waals surface area contributed by atoms with Gasteiger partial charge in [0.05, 0.1) is 11.3 Å². The lowest BCUT2D eigenvalue weighted by atomic mass is 10.1. The number of anilines is 1. The van der Waals surface area contributed by atoms with Crippen LogP contribution in [0.4, 0.5) is 18.9 Å². The summed E-state index contributed by atoms with van der Waals surface area (Å²) < 4.78 is 40.7. The number of hydrogen-bond acceptors (Lipinski definition) is 4. The zero-order chi connectivity index (χ0) is 24.3. The predicted molar refractivity (Wildman–Crippen MR) is 127 cm³/mol. The minimum absolute atomic E-state index is 0.0476. The summed E-state index contributed by atoms with van der Waals surface area (Å²) in [4.78, 5) is 12.5. The first-order valence-corrected chi connectivity index (χ1v) is 11.4. The number of amides is 1. The standard InChI is InChI=1S/C25H21F3N4OS/c1-16-9-11-21(12-10-16)32-23(18-6-3-5-17(2)13-18)30-31-24(32)34-15-22(33)29-20-8-4-7-19(14-20)25(26,27)28/h3-14H,15H2,1-2H3,(H,29,33). The lowest BCUT2D eigenvalue weighted by Crippen LogP contribution is -2.15. The third kappa shape index (κ3) is 5.48. The van der Waals surface area contributed by atoms with Crippen LogP contribution in [0.2, 0.25) is 0 Å². The van der Waals surface area contributed by atoms with Crippen LogP contribution >= 0.6 is 11.8 Å². The zero-order valence-electron chi connectivity index (χ0n) is 18.4. The molecule has 1 aromatic heterocycles. The molecular formula is C25H21F3N4OS. The normalized spacial score (nSPS) is 11.4. The third-order valence-corrected chi connectivity index (χ3v) is 5.94. The summed E-state index contributed by atoms with van der Waals surface area (Å²) in [5.74, 6) is 0.141. The maximum Gasteiger partial charge on any atom is 0.416 e. The summed E-state index contributed by atoms with van der Waals surface area (Å²) in [6.45, 7) is 3.98. The quantitative estimate of drug-likeness (QED) is 0.328. The van der Waals surface area contributed by atoms with Gasteiger partial charge in [-0.2, -0.15) is 13.2 Å². The number of thioether (sulfide) groups is 1. The predicted octanol–water partition coefficient (Wildman–Crippen LogP) is 6.30. The van der Waals surface area contributed by atoms with Gasteiger partial charge in [-0.25, -0.2) is 0 Å². The lowest BCUT2D eigenvalue weighted by Gasteiger charge is -2.12. The topological polar surface area (TPSA) is 59.8 Å². The van der Waals surface area contributed by atoms with Crippen molar-refractivity contribution in [2.45, 2.75) is 25.2 Å². The van der Waals surface area contributed by atoms with E-state index in [0.717, 1.165) is 46.3 Å². The Morgan fingerprint density at radius 2 is 1.68 bits per heavy atom. The first kappa shape index (κ1) is 23.6. The minimum Gasteiger partial charge on any atom is -0.325 e. The molecule has 0 radical (unpaired) electrons. The molecule has 0 fully saturated rings. The van der Waals surface area contributed by atoms with Crippen LogP contribution in [0.15, 0.2) is 78.0 Å². The molecule has 0 spiro atoms. The van der Waals surface area contributed by atoms with Crippen molar-refractivity contribution in [2.75, 3.05) is 11.1 Å².